The van der Waals surface area contributed by atoms with Gasteiger partial charge in [0.05, 0.1) is 4.75 Å². The summed E-state index contributed by atoms with van der Waals surface area (Å²) < 4.78 is 20.0. The number of aromatic hydroxyl groups is 2. The van der Waals surface area contributed by atoms with E-state index in [0.29, 0.717) is 12.0 Å². The number of phenolic OH excluding ortho intramolecular Hbond substituents is 2. The Kier molecular flexibility index (Phi) is 4.82. The third kappa shape index (κ3) is 3.57. The van der Waals surface area contributed by atoms with Crippen molar-refractivity contribution in [3.8, 4) is 11.5 Å². The second-order valence-corrected chi connectivity index (χ2v) is 7.86. The lowest BCUT2D eigenvalue weighted by atomic mass is 9.92. The quantitative estimate of drug-likeness (QED) is 0.744. The highest BCUT2D eigenvalue weighted by atomic mass is 32.2. The molecular formula is C18H22O4S. The van der Waals surface area contributed by atoms with Crippen LogP contribution in [0.3, 0.4) is 0 Å². The minimum Gasteiger partial charge on any atom is -0.508 e. The zero-order chi connectivity index (χ0) is 17.4. The fourth-order valence-electron chi connectivity index (χ4n) is 2.72. The highest BCUT2D eigenvalue weighted by Gasteiger charge is 2.30. The number of hydrogen-bond donors (Lipinski definition) is 3. The summed E-state index contributed by atoms with van der Waals surface area (Å²) in [7, 11) is 0. The molecule has 4 nitrogen and oxygen atoms in total. The van der Waals surface area contributed by atoms with Gasteiger partial charge in [-0.25, -0.2) is 4.21 Å². The minimum atomic E-state index is -2.10. The Morgan fingerprint density at radius 1 is 1.04 bits per heavy atom. The van der Waals surface area contributed by atoms with Gasteiger partial charge in [0.15, 0.2) is 11.1 Å². The molecule has 1 unspecified atom stereocenters. The van der Waals surface area contributed by atoms with Crippen LogP contribution in [0.1, 0.15) is 41.7 Å². The summed E-state index contributed by atoms with van der Waals surface area (Å²) in [5, 5.41) is 19.7. The van der Waals surface area contributed by atoms with E-state index in [0.717, 1.165) is 22.3 Å². The first kappa shape index (κ1) is 17.5. The average Bonchev–Trinajstić information content (AvgIpc) is 2.44. The molecule has 0 fully saturated rings. The molecule has 124 valence electrons. The van der Waals surface area contributed by atoms with Crippen molar-refractivity contribution >= 4 is 11.1 Å². The molecule has 0 amide bonds. The lowest BCUT2D eigenvalue weighted by Crippen LogP contribution is -2.23. The Morgan fingerprint density at radius 3 is 2.13 bits per heavy atom. The number of aryl methyl sites for hydroxylation is 2. The molecule has 0 aromatic heterocycles. The van der Waals surface area contributed by atoms with Gasteiger partial charge in [-0.15, -0.1) is 0 Å². The standard InChI is InChI=1S/C18H22O4S/c1-11-7-14(19)8-12(2)15(11)9-13-5-6-17(20)16(10-13)18(3,4)23(21)22/h5-8,10,19-20H,9H2,1-4H3,(H,21,22). The molecule has 2 rings (SSSR count). The van der Waals surface area contributed by atoms with Gasteiger partial charge in [0.25, 0.3) is 0 Å². The normalized spacial score (nSPS) is 13.1. The van der Waals surface area contributed by atoms with Crippen molar-refractivity contribution in [1.29, 1.82) is 0 Å². The number of benzene rings is 2. The van der Waals surface area contributed by atoms with Crippen molar-refractivity contribution < 1.29 is 19.0 Å². The van der Waals surface area contributed by atoms with E-state index in [-0.39, 0.29) is 11.5 Å². The van der Waals surface area contributed by atoms with Gasteiger partial charge in [-0.1, -0.05) is 12.1 Å². The number of phenols is 2. The van der Waals surface area contributed by atoms with Crippen LogP contribution in [0.15, 0.2) is 30.3 Å². The molecule has 2 aromatic rings. The predicted octanol–water partition coefficient (Wildman–Crippen LogP) is 3.76. The maximum absolute atomic E-state index is 11.6. The lowest BCUT2D eigenvalue weighted by Gasteiger charge is -2.22. The molecule has 0 saturated carbocycles. The molecular weight excluding hydrogens is 312 g/mol. The van der Waals surface area contributed by atoms with Crippen LogP contribution >= 0.6 is 0 Å². The number of rotatable bonds is 4. The Labute approximate surface area is 139 Å². The monoisotopic (exact) mass is 334 g/mol. The maximum Gasteiger partial charge on any atom is 0.163 e. The first-order valence-corrected chi connectivity index (χ1v) is 8.46. The van der Waals surface area contributed by atoms with Gasteiger partial charge in [-0.3, -0.25) is 0 Å². The number of hydrogen-bond acceptors (Lipinski definition) is 3. The van der Waals surface area contributed by atoms with Crippen molar-refractivity contribution in [2.24, 2.45) is 0 Å². The minimum absolute atomic E-state index is 0.0142. The molecule has 0 aliphatic carbocycles. The lowest BCUT2D eigenvalue weighted by molar-refractivity contribution is 0.453. The summed E-state index contributed by atoms with van der Waals surface area (Å²) >= 11 is -2.10. The third-order valence-corrected chi connectivity index (χ3v) is 5.30. The fourth-order valence-corrected chi connectivity index (χ4v) is 3.07. The Morgan fingerprint density at radius 2 is 1.61 bits per heavy atom. The van der Waals surface area contributed by atoms with Crippen LogP contribution in [0.4, 0.5) is 0 Å². The summed E-state index contributed by atoms with van der Waals surface area (Å²) in [5.41, 5.74) is 4.46. The van der Waals surface area contributed by atoms with E-state index in [1.807, 2.05) is 13.8 Å². The smallest absolute Gasteiger partial charge is 0.163 e. The highest BCUT2D eigenvalue weighted by Crippen LogP contribution is 2.34. The van der Waals surface area contributed by atoms with Crippen molar-refractivity contribution in [3.63, 3.8) is 0 Å². The van der Waals surface area contributed by atoms with E-state index in [9.17, 15) is 19.0 Å². The van der Waals surface area contributed by atoms with Crippen molar-refractivity contribution in [2.75, 3.05) is 0 Å². The molecule has 3 N–H and O–H groups in total. The molecule has 0 aliphatic rings. The van der Waals surface area contributed by atoms with Gasteiger partial charge >= 0.3 is 0 Å². The summed E-state index contributed by atoms with van der Waals surface area (Å²) in [6.45, 7) is 7.13. The predicted molar refractivity (Wildman–Crippen MR) is 92.3 cm³/mol. The molecule has 0 radical (unpaired) electrons. The summed E-state index contributed by atoms with van der Waals surface area (Å²) in [6.07, 6.45) is 0.624. The van der Waals surface area contributed by atoms with E-state index in [2.05, 4.69) is 0 Å². The van der Waals surface area contributed by atoms with Crippen LogP contribution in [0.2, 0.25) is 0 Å². The second kappa shape index (κ2) is 6.34. The Hall–Kier alpha value is -1.85. The molecule has 1 atom stereocenters. The van der Waals surface area contributed by atoms with Crippen molar-refractivity contribution in [2.45, 2.75) is 38.9 Å². The largest absolute Gasteiger partial charge is 0.508 e. The summed E-state index contributed by atoms with van der Waals surface area (Å²) in [4.78, 5) is 0. The van der Waals surface area contributed by atoms with Crippen molar-refractivity contribution in [3.05, 3.63) is 58.1 Å². The molecule has 5 heteroatoms. The van der Waals surface area contributed by atoms with Gasteiger partial charge in [0, 0.05) is 5.56 Å². The summed E-state index contributed by atoms with van der Waals surface area (Å²) in [5.74, 6) is 0.257. The molecule has 0 spiro atoms. The third-order valence-electron chi connectivity index (χ3n) is 4.21. The van der Waals surface area contributed by atoms with E-state index in [4.69, 9.17) is 0 Å². The fraction of sp³-hybridized carbons (Fsp3) is 0.333. The van der Waals surface area contributed by atoms with E-state index in [1.54, 1.807) is 44.2 Å². The molecule has 0 saturated heterocycles. The van der Waals surface area contributed by atoms with Gasteiger partial charge < -0.3 is 14.8 Å². The van der Waals surface area contributed by atoms with Crippen LogP contribution in [0.25, 0.3) is 0 Å². The van der Waals surface area contributed by atoms with E-state index < -0.39 is 15.8 Å². The highest BCUT2D eigenvalue weighted by molar-refractivity contribution is 7.80. The van der Waals surface area contributed by atoms with Crippen LogP contribution in [-0.2, 0) is 22.2 Å². The van der Waals surface area contributed by atoms with E-state index in [1.165, 1.54) is 0 Å². The first-order valence-electron chi connectivity index (χ1n) is 7.35. The van der Waals surface area contributed by atoms with Crippen LogP contribution in [0, 0.1) is 13.8 Å². The molecule has 2 aromatic carbocycles. The SMILES string of the molecule is Cc1cc(O)cc(C)c1Cc1ccc(O)c(C(C)(C)S(=O)O)c1. The second-order valence-electron chi connectivity index (χ2n) is 6.35. The average molecular weight is 334 g/mol. The van der Waals surface area contributed by atoms with Crippen LogP contribution in [0.5, 0.6) is 11.5 Å². The van der Waals surface area contributed by atoms with Crippen molar-refractivity contribution in [1.82, 2.24) is 0 Å². The van der Waals surface area contributed by atoms with Gasteiger partial charge in [0.1, 0.15) is 11.5 Å². The molecule has 23 heavy (non-hydrogen) atoms. The topological polar surface area (TPSA) is 77.8 Å². The zero-order valence-electron chi connectivity index (χ0n) is 13.8. The summed E-state index contributed by atoms with van der Waals surface area (Å²) in [6, 6.07) is 8.58. The maximum atomic E-state index is 11.6. The van der Waals surface area contributed by atoms with E-state index >= 15 is 0 Å². The van der Waals surface area contributed by atoms with Gasteiger partial charge in [-0.05, 0) is 74.6 Å². The van der Waals surface area contributed by atoms with Crippen LogP contribution < -0.4 is 0 Å². The molecule has 0 aliphatic heterocycles. The first-order chi connectivity index (χ1) is 10.6. The molecule has 0 bridgehead atoms. The molecule has 0 heterocycles. The van der Waals surface area contributed by atoms with Gasteiger partial charge in [-0.2, -0.15) is 0 Å². The van der Waals surface area contributed by atoms with Crippen LogP contribution in [-0.4, -0.2) is 19.0 Å². The Bertz CT molecular complexity index is 743. The Balaban J connectivity index is 2.46. The zero-order valence-corrected chi connectivity index (χ0v) is 14.6. The van der Waals surface area contributed by atoms with Gasteiger partial charge in [0.2, 0.25) is 0 Å².